The van der Waals surface area contributed by atoms with Crippen molar-refractivity contribution in [1.82, 2.24) is 19.5 Å². The molecule has 0 saturated carbocycles. The maximum absolute atomic E-state index is 9.78. The summed E-state index contributed by atoms with van der Waals surface area (Å²) in [6.07, 6.45) is 0.0445. The molecule has 9 nitrogen and oxygen atoms in total. The van der Waals surface area contributed by atoms with Gasteiger partial charge in [-0.05, 0) is 0 Å². The van der Waals surface area contributed by atoms with Gasteiger partial charge in [-0.25, -0.2) is 4.98 Å². The molecule has 0 bridgehead atoms. The zero-order chi connectivity index (χ0) is 14.3. The Labute approximate surface area is 114 Å². The highest BCUT2D eigenvalue weighted by atomic mass is 16.5. The van der Waals surface area contributed by atoms with Crippen LogP contribution in [0.4, 0.5) is 5.82 Å². The maximum atomic E-state index is 9.78. The lowest BCUT2D eigenvalue weighted by Gasteiger charge is -2.13. The number of nitrogens with two attached hydrogens (primary N) is 1. The molecular weight excluding hydrogens is 266 g/mol. The van der Waals surface area contributed by atoms with E-state index < -0.39 is 18.4 Å². The molecule has 3 heterocycles. The quantitative estimate of drug-likeness (QED) is 0.657. The molecule has 108 valence electrons. The van der Waals surface area contributed by atoms with Crippen LogP contribution in [-0.2, 0) is 4.74 Å². The Balaban J connectivity index is 2.02. The second-order valence-electron chi connectivity index (χ2n) is 4.53. The van der Waals surface area contributed by atoms with Crippen LogP contribution in [0, 0.1) is 0 Å². The van der Waals surface area contributed by atoms with Crippen LogP contribution in [0.5, 0.6) is 6.01 Å². The first-order chi connectivity index (χ1) is 9.63. The smallest absolute Gasteiger partial charge is 0.320 e. The predicted molar refractivity (Wildman–Crippen MR) is 67.9 cm³/mol. The minimum Gasteiger partial charge on any atom is -0.467 e. The number of aromatic nitrogens is 4. The molecule has 2 aromatic rings. The van der Waals surface area contributed by atoms with Crippen molar-refractivity contribution in [3.05, 3.63) is 6.33 Å². The fraction of sp³-hybridized carbons (Fsp3) is 0.545. The Bertz CT molecular complexity index is 631. The van der Waals surface area contributed by atoms with Crippen molar-refractivity contribution in [2.45, 2.75) is 24.9 Å². The van der Waals surface area contributed by atoms with Crippen LogP contribution in [-0.4, -0.2) is 55.7 Å². The molecule has 1 saturated heterocycles. The van der Waals surface area contributed by atoms with Gasteiger partial charge in [-0.1, -0.05) is 0 Å². The van der Waals surface area contributed by atoms with E-state index in [0.717, 1.165) is 0 Å². The number of methoxy groups -OCH3 is 1. The fourth-order valence-corrected chi connectivity index (χ4v) is 2.27. The number of imidazole rings is 1. The molecule has 20 heavy (non-hydrogen) atoms. The summed E-state index contributed by atoms with van der Waals surface area (Å²) in [5, 5.41) is 18.9. The number of hydrogen-bond acceptors (Lipinski definition) is 8. The van der Waals surface area contributed by atoms with E-state index in [1.54, 1.807) is 4.57 Å². The van der Waals surface area contributed by atoms with E-state index in [0.29, 0.717) is 17.6 Å². The number of aliphatic hydroxyl groups is 2. The monoisotopic (exact) mass is 281 g/mol. The van der Waals surface area contributed by atoms with Crippen LogP contribution in [0.15, 0.2) is 6.33 Å². The Morgan fingerprint density at radius 1 is 1.55 bits per heavy atom. The predicted octanol–water partition coefficient (Wildman–Crippen LogP) is -0.942. The van der Waals surface area contributed by atoms with Gasteiger partial charge in [0.2, 0.25) is 0 Å². The summed E-state index contributed by atoms with van der Waals surface area (Å²) in [5.74, 6) is 0.211. The normalized spacial score (nSPS) is 26.2. The van der Waals surface area contributed by atoms with Crippen molar-refractivity contribution >= 4 is 17.0 Å². The first kappa shape index (κ1) is 13.0. The van der Waals surface area contributed by atoms with Crippen LogP contribution >= 0.6 is 0 Å². The third-order valence-electron chi connectivity index (χ3n) is 3.30. The third kappa shape index (κ3) is 1.96. The number of ether oxygens (including phenoxy) is 2. The topological polar surface area (TPSA) is 129 Å². The second kappa shape index (κ2) is 4.85. The first-order valence-electron chi connectivity index (χ1n) is 6.12. The van der Waals surface area contributed by atoms with Crippen LogP contribution < -0.4 is 10.5 Å². The number of anilines is 1. The molecule has 0 radical (unpaired) electrons. The van der Waals surface area contributed by atoms with Gasteiger partial charge in [0.15, 0.2) is 17.0 Å². The Kier molecular flexibility index (Phi) is 3.16. The molecule has 4 N–H and O–H groups in total. The highest BCUT2D eigenvalue weighted by molar-refractivity contribution is 5.81. The minimum absolute atomic E-state index is 0.133. The van der Waals surface area contributed by atoms with Gasteiger partial charge in [-0.2, -0.15) is 9.97 Å². The second-order valence-corrected chi connectivity index (χ2v) is 4.53. The van der Waals surface area contributed by atoms with E-state index in [9.17, 15) is 5.11 Å². The molecule has 9 heteroatoms. The summed E-state index contributed by atoms with van der Waals surface area (Å²) >= 11 is 0. The molecule has 0 spiro atoms. The van der Waals surface area contributed by atoms with E-state index in [2.05, 4.69) is 15.0 Å². The third-order valence-corrected chi connectivity index (χ3v) is 3.30. The van der Waals surface area contributed by atoms with Gasteiger partial charge in [0.1, 0.15) is 12.3 Å². The molecule has 0 amide bonds. The standard InChI is InChI=1S/C11H15N5O4/c1-19-11-14-9(12)8-10(15-11)16(4-13-8)7-2-5(18)6(3-17)20-7/h4-7,17-18H,2-3H2,1H3,(H2,12,14,15)/t5-,6+,7+/m1/s1. The lowest BCUT2D eigenvalue weighted by Crippen LogP contribution is -2.24. The molecule has 1 aliphatic rings. The van der Waals surface area contributed by atoms with Crippen LogP contribution in [0.2, 0.25) is 0 Å². The maximum Gasteiger partial charge on any atom is 0.320 e. The van der Waals surface area contributed by atoms with Crippen molar-refractivity contribution in [3.8, 4) is 6.01 Å². The lowest BCUT2D eigenvalue weighted by molar-refractivity contribution is -0.0432. The molecule has 3 atom stereocenters. The summed E-state index contributed by atoms with van der Waals surface area (Å²) in [4.78, 5) is 12.3. The lowest BCUT2D eigenvalue weighted by atomic mass is 10.2. The number of hydrogen-bond donors (Lipinski definition) is 3. The largest absolute Gasteiger partial charge is 0.467 e. The molecule has 0 aliphatic carbocycles. The SMILES string of the molecule is COc1nc(N)c2ncn([C@@H]3C[C@@H](O)[C@H](CO)O3)c2n1. The molecule has 3 rings (SSSR count). The molecule has 1 aliphatic heterocycles. The van der Waals surface area contributed by atoms with Crippen molar-refractivity contribution in [2.24, 2.45) is 0 Å². The highest BCUT2D eigenvalue weighted by Gasteiger charge is 2.35. The van der Waals surface area contributed by atoms with Gasteiger partial charge in [0.25, 0.3) is 0 Å². The number of nitrogen functional groups attached to an aromatic ring is 1. The molecule has 1 fully saturated rings. The van der Waals surface area contributed by atoms with Crippen molar-refractivity contribution in [2.75, 3.05) is 19.5 Å². The summed E-state index contributed by atoms with van der Waals surface area (Å²) in [6, 6.07) is 0.133. The molecule has 2 aromatic heterocycles. The zero-order valence-corrected chi connectivity index (χ0v) is 10.8. The summed E-state index contributed by atoms with van der Waals surface area (Å²) in [7, 11) is 1.44. The fourth-order valence-electron chi connectivity index (χ4n) is 2.27. The van der Waals surface area contributed by atoms with E-state index >= 15 is 0 Å². The summed E-state index contributed by atoms with van der Waals surface area (Å²) in [5.41, 5.74) is 6.69. The molecule has 0 aromatic carbocycles. The van der Waals surface area contributed by atoms with Crippen LogP contribution in [0.3, 0.4) is 0 Å². The van der Waals surface area contributed by atoms with Gasteiger partial charge in [0, 0.05) is 6.42 Å². The van der Waals surface area contributed by atoms with Gasteiger partial charge >= 0.3 is 6.01 Å². The van der Waals surface area contributed by atoms with Crippen molar-refractivity contribution < 1.29 is 19.7 Å². The minimum atomic E-state index is -0.733. The van der Waals surface area contributed by atoms with E-state index in [1.807, 2.05) is 0 Å². The van der Waals surface area contributed by atoms with Crippen molar-refractivity contribution in [1.29, 1.82) is 0 Å². The van der Waals surface area contributed by atoms with Gasteiger partial charge < -0.3 is 25.4 Å². The summed E-state index contributed by atoms with van der Waals surface area (Å²) < 4.78 is 12.2. The van der Waals surface area contributed by atoms with Crippen LogP contribution in [0.1, 0.15) is 12.6 Å². The number of fused-ring (bicyclic) bond motifs is 1. The van der Waals surface area contributed by atoms with E-state index in [4.69, 9.17) is 20.3 Å². The van der Waals surface area contributed by atoms with Crippen molar-refractivity contribution in [3.63, 3.8) is 0 Å². The Hall–Kier alpha value is -1.97. The molecule has 0 unspecified atom stereocenters. The van der Waals surface area contributed by atoms with Gasteiger partial charge in [-0.15, -0.1) is 0 Å². The first-order valence-corrected chi connectivity index (χ1v) is 6.12. The average molecular weight is 281 g/mol. The van der Waals surface area contributed by atoms with E-state index in [1.165, 1.54) is 13.4 Å². The van der Waals surface area contributed by atoms with Gasteiger partial charge in [-0.3, -0.25) is 4.57 Å². The zero-order valence-electron chi connectivity index (χ0n) is 10.8. The van der Waals surface area contributed by atoms with Gasteiger partial charge in [0.05, 0.1) is 26.1 Å². The van der Waals surface area contributed by atoms with Crippen LogP contribution in [0.25, 0.3) is 11.2 Å². The molecular formula is C11H15N5O4. The van der Waals surface area contributed by atoms with E-state index in [-0.39, 0.29) is 18.4 Å². The number of nitrogens with zero attached hydrogens (tertiary/aromatic N) is 4. The Morgan fingerprint density at radius 2 is 2.35 bits per heavy atom. The average Bonchev–Trinajstić information content (AvgIpc) is 3.01. The summed E-state index contributed by atoms with van der Waals surface area (Å²) in [6.45, 7) is -0.245. The Morgan fingerprint density at radius 3 is 3.00 bits per heavy atom. The number of rotatable bonds is 3. The highest BCUT2D eigenvalue weighted by Crippen LogP contribution is 2.31. The number of aliphatic hydroxyl groups excluding tert-OH is 2.